The monoisotopic (exact) mass is 421 g/mol. The molecule has 1 fully saturated rings. The van der Waals surface area contributed by atoms with Crippen LogP contribution < -0.4 is 11.3 Å². The third-order valence-corrected chi connectivity index (χ3v) is 5.18. The SMILES string of the molecule is Nc1nc2c(ncn2[C@@]2(O)O[C@H](COP(=O)(O)CC(=O)O)[C@@H](O)[C@H]2O)c(=O)[nH]1. The van der Waals surface area contributed by atoms with Gasteiger partial charge in [0.25, 0.3) is 11.5 Å². The fraction of sp³-hybridized carbons (Fsp3) is 0.500. The number of aromatic amines is 1. The summed E-state index contributed by atoms with van der Waals surface area (Å²) in [5.41, 5.74) is 4.21. The van der Waals surface area contributed by atoms with Gasteiger partial charge in [-0.25, -0.2) is 4.98 Å². The molecule has 0 bridgehead atoms. The summed E-state index contributed by atoms with van der Waals surface area (Å²) < 4.78 is 22.1. The van der Waals surface area contributed by atoms with E-state index >= 15 is 0 Å². The highest BCUT2D eigenvalue weighted by Crippen LogP contribution is 2.43. The summed E-state index contributed by atoms with van der Waals surface area (Å²) >= 11 is 0. The second-order valence-electron chi connectivity index (χ2n) is 5.97. The van der Waals surface area contributed by atoms with Crippen molar-refractivity contribution >= 4 is 30.7 Å². The van der Waals surface area contributed by atoms with Crippen molar-refractivity contribution in [1.29, 1.82) is 0 Å². The van der Waals surface area contributed by atoms with Crippen molar-refractivity contribution in [3.05, 3.63) is 16.7 Å². The first-order chi connectivity index (χ1) is 12.9. The number of nitrogens with two attached hydrogens (primary N) is 1. The average molecular weight is 421 g/mol. The van der Waals surface area contributed by atoms with Gasteiger partial charge in [0.15, 0.2) is 17.3 Å². The Morgan fingerprint density at radius 3 is 2.82 bits per heavy atom. The molecule has 3 heterocycles. The number of carbonyl (C=O) groups is 1. The number of aliphatic carboxylic acids is 1. The van der Waals surface area contributed by atoms with Crippen LogP contribution in [0.25, 0.3) is 11.2 Å². The van der Waals surface area contributed by atoms with Gasteiger partial charge < -0.3 is 40.3 Å². The fourth-order valence-corrected chi connectivity index (χ4v) is 3.50. The van der Waals surface area contributed by atoms with Crippen LogP contribution in [-0.4, -0.2) is 81.9 Å². The Bertz CT molecular complexity index is 1020. The van der Waals surface area contributed by atoms with E-state index in [1.807, 2.05) is 0 Å². The van der Waals surface area contributed by atoms with Crippen molar-refractivity contribution in [2.45, 2.75) is 24.2 Å². The first-order valence-corrected chi connectivity index (χ1v) is 9.38. The molecular weight excluding hydrogens is 405 g/mol. The zero-order chi connectivity index (χ0) is 20.9. The van der Waals surface area contributed by atoms with Gasteiger partial charge in [-0.05, 0) is 0 Å². The molecule has 3 rings (SSSR count). The number of aromatic nitrogens is 4. The molecule has 0 saturated carbocycles. The number of nitrogens with one attached hydrogen (secondary N) is 1. The third-order valence-electron chi connectivity index (χ3n) is 3.96. The minimum Gasteiger partial charge on any atom is -0.481 e. The zero-order valence-electron chi connectivity index (χ0n) is 13.9. The van der Waals surface area contributed by atoms with Gasteiger partial charge in [-0.1, -0.05) is 0 Å². The maximum atomic E-state index is 11.8. The molecule has 0 aliphatic carbocycles. The van der Waals surface area contributed by atoms with Crippen LogP contribution in [-0.2, 0) is 24.5 Å². The number of carboxylic acid groups (broad SMARTS) is 1. The maximum Gasteiger partial charge on any atom is 0.339 e. The molecule has 1 aliphatic rings. The smallest absolute Gasteiger partial charge is 0.339 e. The Morgan fingerprint density at radius 1 is 1.50 bits per heavy atom. The molecule has 154 valence electrons. The van der Waals surface area contributed by atoms with E-state index in [2.05, 4.69) is 19.5 Å². The van der Waals surface area contributed by atoms with Crippen LogP contribution in [0.5, 0.6) is 0 Å². The van der Waals surface area contributed by atoms with Gasteiger partial charge in [0.05, 0.1) is 6.61 Å². The summed E-state index contributed by atoms with van der Waals surface area (Å²) in [5.74, 6) is -4.58. The number of nitrogens with zero attached hydrogens (tertiary/aromatic N) is 3. The zero-order valence-corrected chi connectivity index (χ0v) is 14.8. The summed E-state index contributed by atoms with van der Waals surface area (Å²) in [4.78, 5) is 41.5. The van der Waals surface area contributed by atoms with Gasteiger partial charge in [0.1, 0.15) is 24.7 Å². The topological polar surface area (TPSA) is 243 Å². The molecule has 1 aliphatic heterocycles. The molecule has 28 heavy (non-hydrogen) atoms. The number of aliphatic hydroxyl groups is 3. The van der Waals surface area contributed by atoms with E-state index in [9.17, 15) is 34.4 Å². The highest BCUT2D eigenvalue weighted by molar-refractivity contribution is 7.53. The second kappa shape index (κ2) is 6.89. The van der Waals surface area contributed by atoms with Crippen LogP contribution in [0, 0.1) is 0 Å². The van der Waals surface area contributed by atoms with E-state index < -0.39 is 56.1 Å². The standard InChI is InChI=1S/C12H16N5O10P/c13-11-15-9-6(10(22)16-11)14-3-17(9)12(23)8(21)7(20)4(27-12)1-26-28(24,25)2-5(18)19/h3-4,7-8,20-21,23H,1-2H2,(H,18,19)(H,24,25)(H3,13,15,16,22)/t4-,7-,8-,12+/m1/s1. The molecule has 0 aromatic carbocycles. The molecule has 0 spiro atoms. The lowest BCUT2D eigenvalue weighted by Crippen LogP contribution is -2.45. The lowest BCUT2D eigenvalue weighted by atomic mass is 10.1. The maximum absolute atomic E-state index is 11.8. The molecule has 2 aromatic heterocycles. The van der Waals surface area contributed by atoms with E-state index in [4.69, 9.17) is 15.6 Å². The van der Waals surface area contributed by atoms with Gasteiger partial charge >= 0.3 is 13.6 Å². The Kier molecular flexibility index (Phi) is 5.01. The quantitative estimate of drug-likeness (QED) is 0.226. The molecule has 16 heteroatoms. The van der Waals surface area contributed by atoms with E-state index in [1.54, 1.807) is 0 Å². The van der Waals surface area contributed by atoms with Crippen LogP contribution >= 0.6 is 7.60 Å². The van der Waals surface area contributed by atoms with Gasteiger partial charge in [-0.2, -0.15) is 4.98 Å². The summed E-state index contributed by atoms with van der Waals surface area (Å²) in [6.45, 7) is -0.829. The Balaban J connectivity index is 1.88. The minimum atomic E-state index is -4.55. The Morgan fingerprint density at radius 2 is 2.18 bits per heavy atom. The fourth-order valence-electron chi connectivity index (χ4n) is 2.69. The van der Waals surface area contributed by atoms with E-state index in [-0.39, 0.29) is 17.1 Å². The highest BCUT2D eigenvalue weighted by Gasteiger charge is 2.56. The number of rotatable bonds is 6. The Hall–Kier alpha value is -2.39. The molecule has 0 radical (unpaired) electrons. The number of ether oxygens (including phenoxy) is 1. The average Bonchev–Trinajstić information content (AvgIpc) is 3.08. The van der Waals surface area contributed by atoms with E-state index in [0.29, 0.717) is 0 Å². The molecule has 15 nitrogen and oxygen atoms in total. The largest absolute Gasteiger partial charge is 0.481 e. The lowest BCUT2D eigenvalue weighted by molar-refractivity contribution is -0.286. The molecule has 8 N–H and O–H groups in total. The number of hydrogen-bond donors (Lipinski definition) is 7. The normalized spacial score (nSPS) is 29.8. The van der Waals surface area contributed by atoms with Gasteiger partial charge in [0.2, 0.25) is 5.95 Å². The molecular formula is C12H16N5O10P. The summed E-state index contributed by atoms with van der Waals surface area (Å²) in [7, 11) is -4.55. The first-order valence-electron chi connectivity index (χ1n) is 7.62. The molecule has 2 aromatic rings. The molecule has 1 unspecified atom stereocenters. The number of hydrogen-bond acceptors (Lipinski definition) is 11. The number of carboxylic acids is 1. The summed E-state index contributed by atoms with van der Waals surface area (Å²) in [6, 6.07) is 0. The second-order valence-corrected chi connectivity index (χ2v) is 7.82. The molecule has 5 atom stereocenters. The van der Waals surface area contributed by atoms with Crippen molar-refractivity contribution < 1.29 is 43.9 Å². The number of fused-ring (bicyclic) bond motifs is 1. The molecule has 1 saturated heterocycles. The highest BCUT2D eigenvalue weighted by atomic mass is 31.2. The summed E-state index contributed by atoms with van der Waals surface area (Å²) in [5, 5.41) is 39.6. The van der Waals surface area contributed by atoms with Crippen molar-refractivity contribution in [1.82, 2.24) is 19.5 Å². The lowest BCUT2D eigenvalue weighted by Gasteiger charge is -2.27. The first kappa shape index (κ1) is 20.3. The van der Waals surface area contributed by atoms with Crippen LogP contribution in [0.2, 0.25) is 0 Å². The number of imidazole rings is 1. The number of H-pyrrole nitrogens is 1. The van der Waals surface area contributed by atoms with Gasteiger partial charge in [-0.3, -0.25) is 23.7 Å². The minimum absolute atomic E-state index is 0.242. The van der Waals surface area contributed by atoms with Crippen molar-refractivity contribution in [2.75, 3.05) is 18.5 Å². The van der Waals surface area contributed by atoms with E-state index in [0.717, 1.165) is 10.9 Å². The summed E-state index contributed by atoms with van der Waals surface area (Å²) in [6.07, 6.45) is -5.65. The van der Waals surface area contributed by atoms with Crippen LogP contribution in [0.15, 0.2) is 11.1 Å². The van der Waals surface area contributed by atoms with Crippen LogP contribution in [0.1, 0.15) is 0 Å². The van der Waals surface area contributed by atoms with Crippen LogP contribution in [0.3, 0.4) is 0 Å². The Labute approximate surface area is 154 Å². The third kappa shape index (κ3) is 3.51. The van der Waals surface area contributed by atoms with Crippen molar-refractivity contribution in [3.63, 3.8) is 0 Å². The van der Waals surface area contributed by atoms with Crippen molar-refractivity contribution in [2.24, 2.45) is 0 Å². The van der Waals surface area contributed by atoms with Crippen molar-refractivity contribution in [3.8, 4) is 0 Å². The number of nitrogen functional groups attached to an aromatic ring is 1. The van der Waals surface area contributed by atoms with Crippen LogP contribution in [0.4, 0.5) is 5.95 Å². The van der Waals surface area contributed by atoms with E-state index in [1.165, 1.54) is 0 Å². The van der Waals surface area contributed by atoms with Gasteiger partial charge in [-0.15, -0.1) is 0 Å². The predicted octanol–water partition coefficient (Wildman–Crippen LogP) is -3.29. The predicted molar refractivity (Wildman–Crippen MR) is 87.9 cm³/mol. The van der Waals surface area contributed by atoms with Gasteiger partial charge in [0, 0.05) is 0 Å². The number of anilines is 1. The number of aliphatic hydroxyl groups excluding tert-OH is 2. The molecule has 0 amide bonds.